The number of hydrogen-bond acceptors (Lipinski definition) is 5. The highest BCUT2D eigenvalue weighted by atomic mass is 32.2. The van der Waals surface area contributed by atoms with Crippen molar-refractivity contribution in [1.82, 2.24) is 5.48 Å². The largest absolute Gasteiger partial charge is 0.354 e. The van der Waals surface area contributed by atoms with Gasteiger partial charge in [-0.15, -0.1) is 0 Å². The molecule has 0 fully saturated rings. The molecule has 0 saturated heterocycles. The second kappa shape index (κ2) is 20.8. The van der Waals surface area contributed by atoms with Crippen LogP contribution in [0.2, 0.25) is 0 Å². The number of hydrogen-bond donors (Lipinski definition) is 2. The standard InChI is InChI=1S/C6H13NO3.C5H13NOS.C2H6/c1-3-4-6(9-2)10-7-5-8;1-5(3-4-6)8(2)7;1-2/h5-6H,3-4H2,1-2H3,(H,7,8);5H,3-4,6H2,1-2H3;1-2H3. The average molecular weight is 312 g/mol. The topological polar surface area (TPSA) is 90.7 Å². The minimum absolute atomic E-state index is 0.264. The van der Waals surface area contributed by atoms with E-state index in [-0.39, 0.29) is 11.5 Å². The first-order valence-electron chi connectivity index (χ1n) is 6.93. The van der Waals surface area contributed by atoms with Crippen molar-refractivity contribution >= 4 is 17.2 Å². The molecule has 6 nitrogen and oxygen atoms in total. The van der Waals surface area contributed by atoms with E-state index in [0.717, 1.165) is 19.3 Å². The van der Waals surface area contributed by atoms with Gasteiger partial charge in [-0.05, 0) is 13.0 Å². The molecule has 0 aromatic rings. The quantitative estimate of drug-likeness (QED) is 0.383. The summed E-state index contributed by atoms with van der Waals surface area (Å²) in [6.07, 6.45) is 4.46. The summed E-state index contributed by atoms with van der Waals surface area (Å²) in [4.78, 5) is 14.5. The van der Waals surface area contributed by atoms with Crippen LogP contribution in [0.15, 0.2) is 0 Å². The predicted molar refractivity (Wildman–Crippen MR) is 84.5 cm³/mol. The molecule has 1 amide bonds. The normalized spacial score (nSPS) is 13.8. The summed E-state index contributed by atoms with van der Waals surface area (Å²) in [5.74, 6) is 0. The third kappa shape index (κ3) is 19.8. The molecule has 0 aliphatic carbocycles. The lowest BCUT2D eigenvalue weighted by Gasteiger charge is -2.12. The molecule has 3 unspecified atom stereocenters. The van der Waals surface area contributed by atoms with Crippen LogP contribution < -0.4 is 11.2 Å². The lowest BCUT2D eigenvalue weighted by Crippen LogP contribution is -2.24. The molecule has 0 spiro atoms. The van der Waals surface area contributed by atoms with Crippen molar-refractivity contribution in [2.75, 3.05) is 19.9 Å². The number of amides is 1. The van der Waals surface area contributed by atoms with Crippen LogP contribution in [-0.4, -0.2) is 42.1 Å². The lowest BCUT2D eigenvalue weighted by atomic mass is 10.3. The maximum Gasteiger partial charge on any atom is 0.230 e. The fraction of sp³-hybridized carbons (Fsp3) is 0.923. The van der Waals surface area contributed by atoms with Gasteiger partial charge < -0.3 is 10.5 Å². The molecule has 3 atom stereocenters. The molecule has 0 saturated carbocycles. The fourth-order valence-electron chi connectivity index (χ4n) is 0.965. The number of carbonyl (C=O) groups is 1. The van der Waals surface area contributed by atoms with E-state index in [2.05, 4.69) is 5.48 Å². The van der Waals surface area contributed by atoms with Gasteiger partial charge in [0.05, 0.1) is 0 Å². The number of ether oxygens (including phenoxy) is 1. The number of rotatable bonds is 9. The van der Waals surface area contributed by atoms with Crippen LogP contribution in [0.25, 0.3) is 0 Å². The Morgan fingerprint density at radius 3 is 2.15 bits per heavy atom. The summed E-state index contributed by atoms with van der Waals surface area (Å²) in [5.41, 5.74) is 7.31. The highest BCUT2D eigenvalue weighted by Gasteiger charge is 2.04. The Hall–Kier alpha value is -0.500. The predicted octanol–water partition coefficient (Wildman–Crippen LogP) is 1.57. The maximum atomic E-state index is 10.6. The second-order valence-electron chi connectivity index (χ2n) is 3.69. The van der Waals surface area contributed by atoms with Gasteiger partial charge in [-0.25, -0.2) is 10.3 Å². The van der Waals surface area contributed by atoms with E-state index < -0.39 is 10.8 Å². The molecule has 0 aliphatic heterocycles. The number of nitrogens with two attached hydrogens (primary N) is 1. The van der Waals surface area contributed by atoms with Crippen molar-refractivity contribution in [3.05, 3.63) is 0 Å². The monoisotopic (exact) mass is 312 g/mol. The first kappa shape index (κ1) is 24.5. The minimum atomic E-state index is -0.690. The molecule has 20 heavy (non-hydrogen) atoms. The molecule has 0 aromatic heterocycles. The Morgan fingerprint density at radius 1 is 1.35 bits per heavy atom. The van der Waals surface area contributed by atoms with E-state index in [0.29, 0.717) is 13.0 Å². The van der Waals surface area contributed by atoms with Gasteiger partial charge in [0.25, 0.3) is 0 Å². The molecule has 7 heteroatoms. The van der Waals surface area contributed by atoms with Crippen molar-refractivity contribution in [2.45, 2.75) is 58.5 Å². The van der Waals surface area contributed by atoms with Gasteiger partial charge in [-0.1, -0.05) is 34.1 Å². The Balaban J connectivity index is -0.000000262. The van der Waals surface area contributed by atoms with Gasteiger partial charge in [-0.2, -0.15) is 0 Å². The van der Waals surface area contributed by atoms with Crippen molar-refractivity contribution in [3.63, 3.8) is 0 Å². The molecule has 0 bridgehead atoms. The first-order valence-corrected chi connectivity index (χ1v) is 8.55. The highest BCUT2D eigenvalue weighted by Crippen LogP contribution is 1.99. The summed E-state index contributed by atoms with van der Waals surface area (Å²) in [7, 11) is 0.844. The third-order valence-electron chi connectivity index (χ3n) is 2.17. The summed E-state index contributed by atoms with van der Waals surface area (Å²) in [6.45, 7) is 8.60. The van der Waals surface area contributed by atoms with Crippen molar-refractivity contribution < 1.29 is 18.6 Å². The summed E-state index contributed by atoms with van der Waals surface area (Å²) in [5, 5.41) is 0.264. The van der Waals surface area contributed by atoms with Gasteiger partial charge in [-0.3, -0.25) is 9.00 Å². The second-order valence-corrected chi connectivity index (χ2v) is 5.50. The molecule has 3 N–H and O–H groups in total. The van der Waals surface area contributed by atoms with E-state index in [4.69, 9.17) is 15.3 Å². The first-order chi connectivity index (χ1) is 9.53. The Bertz CT molecular complexity index is 219. The SMILES string of the molecule is CC.CC(CCN)S(C)=O.CCCC(OC)ONC=O. The zero-order valence-electron chi connectivity index (χ0n) is 13.7. The van der Waals surface area contributed by atoms with Gasteiger partial charge >= 0.3 is 0 Å². The maximum absolute atomic E-state index is 10.6. The van der Waals surface area contributed by atoms with E-state index in [1.165, 1.54) is 7.11 Å². The number of nitrogens with one attached hydrogen (secondary N) is 1. The molecule has 0 aromatic carbocycles. The summed E-state index contributed by atoms with van der Waals surface area (Å²) in [6, 6.07) is 0. The molecule has 0 radical (unpaired) electrons. The van der Waals surface area contributed by atoms with Crippen molar-refractivity contribution in [3.8, 4) is 0 Å². The van der Waals surface area contributed by atoms with Crippen LogP contribution in [0.1, 0.15) is 47.0 Å². The molecular weight excluding hydrogens is 280 g/mol. The van der Waals surface area contributed by atoms with E-state index in [1.54, 1.807) is 6.26 Å². The molecule has 0 heterocycles. The van der Waals surface area contributed by atoms with E-state index in [1.807, 2.05) is 27.7 Å². The van der Waals surface area contributed by atoms with Crippen molar-refractivity contribution in [2.24, 2.45) is 5.73 Å². The van der Waals surface area contributed by atoms with Crippen LogP contribution in [0, 0.1) is 0 Å². The highest BCUT2D eigenvalue weighted by molar-refractivity contribution is 7.84. The summed E-state index contributed by atoms with van der Waals surface area (Å²) >= 11 is 0. The van der Waals surface area contributed by atoms with Gasteiger partial charge in [0.15, 0.2) is 6.29 Å². The van der Waals surface area contributed by atoms with E-state index >= 15 is 0 Å². The lowest BCUT2D eigenvalue weighted by molar-refractivity contribution is -0.172. The Kier molecular flexibility index (Phi) is 25.5. The Labute approximate surface area is 126 Å². The molecule has 0 rings (SSSR count). The van der Waals surface area contributed by atoms with Crippen LogP contribution >= 0.6 is 0 Å². The van der Waals surface area contributed by atoms with Gasteiger partial charge in [0.1, 0.15) is 0 Å². The molecule has 124 valence electrons. The number of hydroxylamine groups is 1. The van der Waals surface area contributed by atoms with Crippen molar-refractivity contribution in [1.29, 1.82) is 0 Å². The smallest absolute Gasteiger partial charge is 0.230 e. The van der Waals surface area contributed by atoms with E-state index in [9.17, 15) is 9.00 Å². The fourth-order valence-corrected chi connectivity index (χ4v) is 1.43. The third-order valence-corrected chi connectivity index (χ3v) is 3.54. The van der Waals surface area contributed by atoms with Crippen LogP contribution in [0.5, 0.6) is 0 Å². The minimum Gasteiger partial charge on any atom is -0.354 e. The van der Waals surface area contributed by atoms with Gasteiger partial charge in [0.2, 0.25) is 6.41 Å². The number of carbonyl (C=O) groups excluding carboxylic acids is 1. The van der Waals surface area contributed by atoms with Crippen LogP contribution in [-0.2, 0) is 25.2 Å². The van der Waals surface area contributed by atoms with Crippen LogP contribution in [0.3, 0.4) is 0 Å². The summed E-state index contributed by atoms with van der Waals surface area (Å²) < 4.78 is 15.4. The zero-order valence-corrected chi connectivity index (χ0v) is 14.5. The number of methoxy groups -OCH3 is 1. The molecule has 0 aliphatic rings. The van der Waals surface area contributed by atoms with Crippen LogP contribution in [0.4, 0.5) is 0 Å². The molecular formula is C13H32N2O4S. The Morgan fingerprint density at radius 2 is 1.90 bits per heavy atom. The average Bonchev–Trinajstić information content (AvgIpc) is 2.46. The zero-order chi connectivity index (χ0) is 16.4. The van der Waals surface area contributed by atoms with Gasteiger partial charge in [0, 0.05) is 35.8 Å².